The minimum absolute atomic E-state index is 0.0649. The third-order valence-corrected chi connectivity index (χ3v) is 3.87. The average molecular weight is 355 g/mol. The van der Waals surface area contributed by atoms with Gasteiger partial charge in [0.1, 0.15) is 12.3 Å². The molecule has 26 heavy (non-hydrogen) atoms. The standard InChI is InChI=1S/C20H21NO5/c1-26-17-12-10-15(11-13-17)18(22)8-5-9-19(23)21(14-20(24)25)16-6-3-2-4-7-16/h2-4,6-7,10-13H,5,8-9,14H2,1H3,(H,24,25). The van der Waals surface area contributed by atoms with Crippen molar-refractivity contribution < 1.29 is 24.2 Å². The van der Waals surface area contributed by atoms with E-state index in [1.54, 1.807) is 61.7 Å². The highest BCUT2D eigenvalue weighted by Crippen LogP contribution is 2.17. The third-order valence-electron chi connectivity index (χ3n) is 3.87. The van der Waals surface area contributed by atoms with Crippen LogP contribution in [0.3, 0.4) is 0 Å². The summed E-state index contributed by atoms with van der Waals surface area (Å²) < 4.78 is 5.05. The summed E-state index contributed by atoms with van der Waals surface area (Å²) in [6, 6.07) is 15.4. The lowest BCUT2D eigenvalue weighted by atomic mass is 10.0. The molecule has 0 saturated heterocycles. The van der Waals surface area contributed by atoms with Gasteiger partial charge < -0.3 is 14.7 Å². The molecule has 1 amide bonds. The highest BCUT2D eigenvalue weighted by molar-refractivity contribution is 5.98. The number of ketones is 1. The summed E-state index contributed by atoms with van der Waals surface area (Å²) in [5.41, 5.74) is 1.09. The molecule has 0 saturated carbocycles. The summed E-state index contributed by atoms with van der Waals surface area (Å²) in [6.07, 6.45) is 0.671. The molecule has 6 heteroatoms. The van der Waals surface area contributed by atoms with Gasteiger partial charge in [-0.1, -0.05) is 18.2 Å². The van der Waals surface area contributed by atoms with Gasteiger partial charge in [0.2, 0.25) is 5.91 Å². The van der Waals surface area contributed by atoms with E-state index in [-0.39, 0.29) is 24.5 Å². The van der Waals surface area contributed by atoms with Crippen LogP contribution in [0.2, 0.25) is 0 Å². The highest BCUT2D eigenvalue weighted by atomic mass is 16.5. The van der Waals surface area contributed by atoms with Crippen molar-refractivity contribution in [3.63, 3.8) is 0 Å². The number of nitrogens with zero attached hydrogens (tertiary/aromatic N) is 1. The van der Waals surface area contributed by atoms with Gasteiger partial charge in [0.25, 0.3) is 0 Å². The van der Waals surface area contributed by atoms with Crippen LogP contribution in [-0.2, 0) is 9.59 Å². The van der Waals surface area contributed by atoms with Crippen LogP contribution < -0.4 is 9.64 Å². The lowest BCUT2D eigenvalue weighted by Gasteiger charge is -2.20. The number of methoxy groups -OCH3 is 1. The quantitative estimate of drug-likeness (QED) is 0.699. The molecule has 0 aliphatic carbocycles. The summed E-state index contributed by atoms with van der Waals surface area (Å²) >= 11 is 0. The van der Waals surface area contributed by atoms with Crippen molar-refractivity contribution in [2.45, 2.75) is 19.3 Å². The minimum atomic E-state index is -1.09. The van der Waals surface area contributed by atoms with Gasteiger partial charge in [-0.15, -0.1) is 0 Å². The van der Waals surface area contributed by atoms with Crippen molar-refractivity contribution >= 4 is 23.3 Å². The fourth-order valence-electron chi connectivity index (χ4n) is 2.52. The third kappa shape index (κ3) is 5.44. The van der Waals surface area contributed by atoms with Crippen LogP contribution in [0, 0.1) is 0 Å². The van der Waals surface area contributed by atoms with Crippen LogP contribution in [-0.4, -0.2) is 36.4 Å². The number of hydrogen-bond acceptors (Lipinski definition) is 4. The molecular formula is C20H21NO5. The molecule has 0 bridgehead atoms. The Hall–Kier alpha value is -3.15. The summed E-state index contributed by atoms with van der Waals surface area (Å²) in [6.45, 7) is -0.407. The van der Waals surface area contributed by atoms with Crippen molar-refractivity contribution in [3.05, 3.63) is 60.2 Å². The summed E-state index contributed by atoms with van der Waals surface area (Å²) in [5, 5.41) is 9.04. The molecule has 0 spiro atoms. The maximum atomic E-state index is 12.4. The van der Waals surface area contributed by atoms with Gasteiger partial charge in [-0.25, -0.2) is 0 Å². The number of carboxylic acid groups (broad SMARTS) is 1. The number of carbonyl (C=O) groups is 3. The second-order valence-electron chi connectivity index (χ2n) is 5.71. The van der Waals surface area contributed by atoms with E-state index < -0.39 is 12.5 Å². The number of anilines is 1. The van der Waals surface area contributed by atoms with E-state index in [9.17, 15) is 14.4 Å². The first kappa shape index (κ1) is 19.2. The number of hydrogen-bond donors (Lipinski definition) is 1. The Labute approximate surface area is 152 Å². The number of carboxylic acids is 1. The Morgan fingerprint density at radius 3 is 2.19 bits per heavy atom. The molecule has 0 atom stereocenters. The number of benzene rings is 2. The van der Waals surface area contributed by atoms with E-state index in [1.165, 1.54) is 4.90 Å². The fourth-order valence-corrected chi connectivity index (χ4v) is 2.52. The van der Waals surface area contributed by atoms with Crippen LogP contribution in [0.15, 0.2) is 54.6 Å². The number of Topliss-reactive ketones (excluding diaryl/α,β-unsaturated/α-hetero) is 1. The van der Waals surface area contributed by atoms with Gasteiger partial charge >= 0.3 is 5.97 Å². The Kier molecular flexibility index (Phi) is 6.91. The van der Waals surface area contributed by atoms with Crippen LogP contribution in [0.5, 0.6) is 5.75 Å². The molecule has 2 aromatic carbocycles. The van der Waals surface area contributed by atoms with Gasteiger partial charge in [-0.3, -0.25) is 14.4 Å². The molecule has 0 aliphatic rings. The summed E-state index contributed by atoms with van der Waals surface area (Å²) in [4.78, 5) is 36.9. The zero-order valence-electron chi connectivity index (χ0n) is 14.6. The second-order valence-corrected chi connectivity index (χ2v) is 5.71. The van der Waals surface area contributed by atoms with Gasteiger partial charge in [0, 0.05) is 24.1 Å². The van der Waals surface area contributed by atoms with Gasteiger partial charge in [-0.05, 0) is 42.8 Å². The molecule has 2 rings (SSSR count). The van der Waals surface area contributed by atoms with E-state index in [4.69, 9.17) is 9.84 Å². The first-order valence-electron chi connectivity index (χ1n) is 8.25. The average Bonchev–Trinajstić information content (AvgIpc) is 2.66. The predicted octanol–water partition coefficient (Wildman–Crippen LogP) is 3.17. The van der Waals surface area contributed by atoms with Crippen molar-refractivity contribution in [1.29, 1.82) is 0 Å². The molecule has 0 fully saturated rings. The minimum Gasteiger partial charge on any atom is -0.497 e. The number of carbonyl (C=O) groups excluding carboxylic acids is 2. The smallest absolute Gasteiger partial charge is 0.323 e. The van der Waals surface area contributed by atoms with Crippen LogP contribution in [0.1, 0.15) is 29.6 Å². The number of rotatable bonds is 9. The van der Waals surface area contributed by atoms with Crippen molar-refractivity contribution in [3.8, 4) is 5.75 Å². The first-order chi connectivity index (χ1) is 12.5. The van der Waals surface area contributed by atoms with Crippen LogP contribution in [0.25, 0.3) is 0 Å². The number of para-hydroxylation sites is 1. The first-order valence-corrected chi connectivity index (χ1v) is 8.25. The van der Waals surface area contributed by atoms with Gasteiger partial charge in [-0.2, -0.15) is 0 Å². The maximum Gasteiger partial charge on any atom is 0.323 e. The van der Waals surface area contributed by atoms with Crippen molar-refractivity contribution in [2.24, 2.45) is 0 Å². The molecule has 1 N–H and O–H groups in total. The highest BCUT2D eigenvalue weighted by Gasteiger charge is 2.18. The van der Waals surface area contributed by atoms with E-state index in [2.05, 4.69) is 0 Å². The fraction of sp³-hybridized carbons (Fsp3) is 0.250. The monoisotopic (exact) mass is 355 g/mol. The van der Waals surface area contributed by atoms with Crippen LogP contribution >= 0.6 is 0 Å². The Balaban J connectivity index is 1.92. The number of aliphatic carboxylic acids is 1. The number of ether oxygens (including phenoxy) is 1. The molecule has 6 nitrogen and oxygen atoms in total. The lowest BCUT2D eigenvalue weighted by molar-refractivity contribution is -0.136. The molecule has 2 aromatic rings. The van der Waals surface area contributed by atoms with E-state index in [0.29, 0.717) is 23.4 Å². The zero-order valence-corrected chi connectivity index (χ0v) is 14.6. The molecule has 0 radical (unpaired) electrons. The normalized spacial score (nSPS) is 10.2. The Bertz CT molecular complexity index is 756. The van der Waals surface area contributed by atoms with Gasteiger partial charge in [0.15, 0.2) is 5.78 Å². The lowest BCUT2D eigenvalue weighted by Crippen LogP contribution is -2.35. The van der Waals surface area contributed by atoms with Gasteiger partial charge in [0.05, 0.1) is 7.11 Å². The number of amides is 1. The zero-order chi connectivity index (χ0) is 18.9. The van der Waals surface area contributed by atoms with E-state index >= 15 is 0 Å². The Morgan fingerprint density at radius 1 is 0.962 bits per heavy atom. The van der Waals surface area contributed by atoms with Crippen molar-refractivity contribution in [2.75, 3.05) is 18.6 Å². The van der Waals surface area contributed by atoms with E-state index in [0.717, 1.165) is 0 Å². The summed E-state index contributed by atoms with van der Waals surface area (Å²) in [7, 11) is 1.55. The molecule has 0 heterocycles. The molecule has 0 aliphatic heterocycles. The van der Waals surface area contributed by atoms with Crippen molar-refractivity contribution in [1.82, 2.24) is 0 Å². The second kappa shape index (κ2) is 9.36. The largest absolute Gasteiger partial charge is 0.497 e. The maximum absolute atomic E-state index is 12.4. The predicted molar refractivity (Wildman–Crippen MR) is 97.6 cm³/mol. The molecule has 0 aromatic heterocycles. The van der Waals surface area contributed by atoms with Crippen LogP contribution in [0.4, 0.5) is 5.69 Å². The molecule has 0 unspecified atom stereocenters. The van der Waals surface area contributed by atoms with E-state index in [1.807, 2.05) is 0 Å². The molecule has 136 valence electrons. The summed E-state index contributed by atoms with van der Waals surface area (Å²) in [5.74, 6) is -0.800. The SMILES string of the molecule is COc1ccc(C(=O)CCCC(=O)N(CC(=O)O)c2ccccc2)cc1. The molecular weight excluding hydrogens is 334 g/mol. The Morgan fingerprint density at radius 2 is 1.62 bits per heavy atom. The topological polar surface area (TPSA) is 83.9 Å².